The molecular weight excluding hydrogens is 180 g/mol. The Bertz CT molecular complexity index is 476. The number of para-hydroxylation sites is 1. The van der Waals surface area contributed by atoms with E-state index in [4.69, 9.17) is 0 Å². The lowest BCUT2D eigenvalue weighted by Crippen LogP contribution is -1.74. The van der Waals surface area contributed by atoms with Crippen LogP contribution in [0.2, 0.25) is 0 Å². The van der Waals surface area contributed by atoms with E-state index >= 15 is 0 Å². The van der Waals surface area contributed by atoms with Crippen LogP contribution in [-0.4, -0.2) is 16.0 Å². The maximum Gasteiger partial charge on any atom is 0.115 e. The molecule has 64 valence electrons. The second kappa shape index (κ2) is 3.55. The van der Waals surface area contributed by atoms with E-state index in [2.05, 4.69) is 34.7 Å². The predicted molar refractivity (Wildman–Crippen MR) is 56.8 cm³/mol. The Labute approximate surface area is 81.8 Å². The molecule has 0 radical (unpaired) electrons. The minimum atomic E-state index is 0.563. The molecule has 0 fully saturated rings. The molecular formula is C10H8N2S. The van der Waals surface area contributed by atoms with E-state index in [1.54, 1.807) is 0 Å². The Hall–Kier alpha value is -1.40. The fourth-order valence-corrected chi connectivity index (χ4v) is 1.26. The summed E-state index contributed by atoms with van der Waals surface area (Å²) < 4.78 is 0. The minimum Gasteiger partial charge on any atom is -0.269 e. The molecule has 0 spiro atoms. The summed E-state index contributed by atoms with van der Waals surface area (Å²) in [5.74, 6) is 6.42. The van der Waals surface area contributed by atoms with Crippen molar-refractivity contribution in [2.75, 3.05) is 5.75 Å². The predicted octanol–water partition coefficient (Wildman–Crippen LogP) is 1.84. The lowest BCUT2D eigenvalue weighted by Gasteiger charge is -1.85. The van der Waals surface area contributed by atoms with E-state index in [1.165, 1.54) is 0 Å². The molecule has 2 nitrogen and oxygen atoms in total. The summed E-state index contributed by atoms with van der Waals surface area (Å²) in [5.41, 5.74) is 1.82. The van der Waals surface area contributed by atoms with Gasteiger partial charge in [-0.05, 0) is 18.1 Å². The highest BCUT2D eigenvalue weighted by Crippen LogP contribution is 2.13. The third-order valence-corrected chi connectivity index (χ3v) is 1.91. The summed E-state index contributed by atoms with van der Waals surface area (Å²) in [7, 11) is 0. The van der Waals surface area contributed by atoms with Crippen LogP contribution in [0, 0.1) is 11.8 Å². The van der Waals surface area contributed by atoms with Gasteiger partial charge in [-0.15, -0.1) is 0 Å². The number of benzene rings is 1. The van der Waals surface area contributed by atoms with Crippen LogP contribution in [0.4, 0.5) is 0 Å². The first-order chi connectivity index (χ1) is 6.42. The zero-order valence-electron chi connectivity index (χ0n) is 6.91. The third-order valence-electron chi connectivity index (χ3n) is 1.75. The van der Waals surface area contributed by atoms with Gasteiger partial charge in [0.1, 0.15) is 5.69 Å². The van der Waals surface area contributed by atoms with Gasteiger partial charge in [-0.1, -0.05) is 18.1 Å². The summed E-state index contributed by atoms with van der Waals surface area (Å²) in [4.78, 5) is 0. The van der Waals surface area contributed by atoms with Gasteiger partial charge in [-0.3, -0.25) is 5.10 Å². The number of rotatable bonds is 0. The first-order valence-corrected chi connectivity index (χ1v) is 4.58. The maximum atomic E-state index is 4.12. The van der Waals surface area contributed by atoms with Crippen molar-refractivity contribution in [3.05, 3.63) is 30.0 Å². The van der Waals surface area contributed by atoms with Crippen molar-refractivity contribution in [1.29, 1.82) is 0 Å². The molecule has 0 aliphatic rings. The molecule has 13 heavy (non-hydrogen) atoms. The van der Waals surface area contributed by atoms with E-state index < -0.39 is 0 Å². The Morgan fingerprint density at radius 3 is 3.08 bits per heavy atom. The first kappa shape index (κ1) is 8.21. The first-order valence-electron chi connectivity index (χ1n) is 3.94. The average molecular weight is 188 g/mol. The van der Waals surface area contributed by atoms with E-state index in [0.717, 1.165) is 16.6 Å². The zero-order valence-corrected chi connectivity index (χ0v) is 7.81. The summed E-state index contributed by atoms with van der Waals surface area (Å²) in [5, 5.41) is 8.08. The molecule has 0 aliphatic carbocycles. The number of hydrogen-bond acceptors (Lipinski definition) is 2. The molecule has 0 amide bonds. The second-order valence-corrected chi connectivity index (χ2v) is 2.89. The number of fused-ring (bicyclic) bond motifs is 1. The largest absolute Gasteiger partial charge is 0.269 e. The average Bonchev–Trinajstić information content (AvgIpc) is 2.58. The zero-order chi connectivity index (χ0) is 9.10. The molecule has 0 aliphatic heterocycles. The number of nitrogens with one attached hydrogen (secondary N) is 1. The molecule has 1 heterocycles. The van der Waals surface area contributed by atoms with Gasteiger partial charge < -0.3 is 0 Å². The third kappa shape index (κ3) is 1.53. The van der Waals surface area contributed by atoms with Crippen LogP contribution in [0.3, 0.4) is 0 Å². The Balaban J connectivity index is 2.58. The van der Waals surface area contributed by atoms with E-state index in [1.807, 2.05) is 24.3 Å². The summed E-state index contributed by atoms with van der Waals surface area (Å²) in [6, 6.07) is 7.89. The molecule has 1 aromatic heterocycles. The molecule has 0 atom stereocenters. The number of thiol groups is 1. The number of hydrogen-bond donors (Lipinski definition) is 2. The lowest BCUT2D eigenvalue weighted by atomic mass is 10.2. The van der Waals surface area contributed by atoms with Crippen LogP contribution in [0.15, 0.2) is 24.3 Å². The Morgan fingerprint density at radius 2 is 2.23 bits per heavy atom. The van der Waals surface area contributed by atoms with Crippen LogP contribution in [-0.2, 0) is 0 Å². The highest BCUT2D eigenvalue weighted by atomic mass is 32.1. The van der Waals surface area contributed by atoms with Gasteiger partial charge in [0.05, 0.1) is 11.3 Å². The minimum absolute atomic E-state index is 0.563. The molecule has 1 N–H and O–H groups in total. The topological polar surface area (TPSA) is 28.7 Å². The van der Waals surface area contributed by atoms with Crippen LogP contribution >= 0.6 is 12.6 Å². The van der Waals surface area contributed by atoms with Crippen molar-refractivity contribution in [2.24, 2.45) is 0 Å². The van der Waals surface area contributed by atoms with E-state index in [-0.39, 0.29) is 0 Å². The molecule has 1 aromatic carbocycles. The molecule has 2 aromatic rings. The smallest absolute Gasteiger partial charge is 0.115 e. The van der Waals surface area contributed by atoms with Gasteiger partial charge in [0.25, 0.3) is 0 Å². The van der Waals surface area contributed by atoms with Crippen molar-refractivity contribution in [3.63, 3.8) is 0 Å². The molecule has 0 saturated heterocycles. The van der Waals surface area contributed by atoms with E-state index in [0.29, 0.717) is 5.75 Å². The van der Waals surface area contributed by atoms with Gasteiger partial charge in [-0.25, -0.2) is 0 Å². The summed E-state index contributed by atoms with van der Waals surface area (Å²) in [6.07, 6.45) is 0. The SMILES string of the molecule is SCC#Cc1[nH]nc2ccccc12. The van der Waals surface area contributed by atoms with Gasteiger partial charge in [0.2, 0.25) is 0 Å². The normalized spacial score (nSPS) is 9.62. The van der Waals surface area contributed by atoms with Crippen LogP contribution in [0.25, 0.3) is 10.9 Å². The van der Waals surface area contributed by atoms with Gasteiger partial charge >= 0.3 is 0 Å². The number of aromatic amines is 1. The van der Waals surface area contributed by atoms with Crippen LogP contribution in [0.5, 0.6) is 0 Å². The molecule has 0 saturated carbocycles. The van der Waals surface area contributed by atoms with Crippen LogP contribution < -0.4 is 0 Å². The molecule has 0 unspecified atom stereocenters. The Morgan fingerprint density at radius 1 is 1.38 bits per heavy atom. The second-order valence-electron chi connectivity index (χ2n) is 2.58. The van der Waals surface area contributed by atoms with Crippen molar-refractivity contribution in [1.82, 2.24) is 10.2 Å². The van der Waals surface area contributed by atoms with Gasteiger partial charge in [0, 0.05) is 5.39 Å². The summed E-state index contributed by atoms with van der Waals surface area (Å²) in [6.45, 7) is 0. The molecule has 2 rings (SSSR count). The van der Waals surface area contributed by atoms with Crippen LogP contribution in [0.1, 0.15) is 5.69 Å². The van der Waals surface area contributed by atoms with Gasteiger partial charge in [0.15, 0.2) is 0 Å². The van der Waals surface area contributed by atoms with Crippen molar-refractivity contribution in [2.45, 2.75) is 0 Å². The quantitative estimate of drug-likeness (QED) is 0.479. The molecule has 0 bridgehead atoms. The maximum absolute atomic E-state index is 4.12. The lowest BCUT2D eigenvalue weighted by molar-refractivity contribution is 1.10. The fourth-order valence-electron chi connectivity index (χ4n) is 1.18. The van der Waals surface area contributed by atoms with Crippen molar-refractivity contribution < 1.29 is 0 Å². The number of nitrogens with zero attached hydrogens (tertiary/aromatic N) is 1. The monoisotopic (exact) mass is 188 g/mol. The van der Waals surface area contributed by atoms with Crippen molar-refractivity contribution >= 4 is 23.5 Å². The fraction of sp³-hybridized carbons (Fsp3) is 0.100. The molecule has 3 heteroatoms. The van der Waals surface area contributed by atoms with Crippen molar-refractivity contribution in [3.8, 4) is 11.8 Å². The summed E-state index contributed by atoms with van der Waals surface area (Å²) >= 11 is 4.02. The Kier molecular flexibility index (Phi) is 2.24. The number of aromatic nitrogens is 2. The van der Waals surface area contributed by atoms with Gasteiger partial charge in [-0.2, -0.15) is 17.7 Å². The van der Waals surface area contributed by atoms with E-state index in [9.17, 15) is 0 Å². The number of H-pyrrole nitrogens is 1. The highest BCUT2D eigenvalue weighted by Gasteiger charge is 1.99. The highest BCUT2D eigenvalue weighted by molar-refractivity contribution is 7.80. The standard InChI is InChI=1S/C10H8N2S/c13-7-3-6-10-8-4-1-2-5-9(8)11-12-10/h1-2,4-5,13H,7H2,(H,11,12).